The molecular weight excluding hydrogens is 234 g/mol. The molecule has 0 radical (unpaired) electrons. The maximum absolute atomic E-state index is 11.9. The number of amides is 1. The molecule has 0 aliphatic carbocycles. The fraction of sp³-hybridized carbons (Fsp3) is 0.923. The third-order valence-electron chi connectivity index (χ3n) is 2.36. The van der Waals surface area contributed by atoms with Crippen LogP contribution in [0.25, 0.3) is 0 Å². The first-order chi connectivity index (χ1) is 8.29. The Labute approximate surface area is 110 Å². The van der Waals surface area contributed by atoms with Crippen LogP contribution in [0.15, 0.2) is 0 Å². The number of rotatable bonds is 0. The standard InChI is InChI=1S/C11H21NO4.C2H6/c1-8-5-6-15-9(13)7-12(8)10(14)16-11(2,3)4;1-2/h8-9,13H,5-7H2,1-4H3;1-2H3/t8-,9-;/m0./s1. The van der Waals surface area contributed by atoms with E-state index in [4.69, 9.17) is 9.47 Å². The van der Waals surface area contributed by atoms with E-state index < -0.39 is 18.0 Å². The molecule has 0 aromatic carbocycles. The molecule has 1 saturated heterocycles. The van der Waals surface area contributed by atoms with Crippen LogP contribution in [-0.4, -0.2) is 47.2 Å². The number of hydrogen-bond donors (Lipinski definition) is 1. The Hall–Kier alpha value is -0.810. The van der Waals surface area contributed by atoms with E-state index in [-0.39, 0.29) is 12.6 Å². The lowest BCUT2D eigenvalue weighted by Crippen LogP contribution is -2.44. The zero-order valence-electron chi connectivity index (χ0n) is 12.4. The highest BCUT2D eigenvalue weighted by Gasteiger charge is 2.29. The van der Waals surface area contributed by atoms with E-state index in [0.29, 0.717) is 13.0 Å². The topological polar surface area (TPSA) is 59.0 Å². The molecule has 1 rings (SSSR count). The van der Waals surface area contributed by atoms with Crippen molar-refractivity contribution in [2.75, 3.05) is 13.2 Å². The molecule has 1 N–H and O–H groups in total. The van der Waals surface area contributed by atoms with Gasteiger partial charge >= 0.3 is 6.09 Å². The highest BCUT2D eigenvalue weighted by atomic mass is 16.6. The van der Waals surface area contributed by atoms with Crippen molar-refractivity contribution in [3.8, 4) is 0 Å². The molecule has 5 heteroatoms. The second-order valence-corrected chi connectivity index (χ2v) is 5.10. The van der Waals surface area contributed by atoms with Gasteiger partial charge in [0.15, 0.2) is 6.29 Å². The van der Waals surface area contributed by atoms with Gasteiger partial charge in [0, 0.05) is 6.04 Å². The summed E-state index contributed by atoms with van der Waals surface area (Å²) in [5.74, 6) is 0. The lowest BCUT2D eigenvalue weighted by atomic mass is 10.2. The van der Waals surface area contributed by atoms with Crippen LogP contribution in [0.2, 0.25) is 0 Å². The maximum Gasteiger partial charge on any atom is 0.410 e. The van der Waals surface area contributed by atoms with Gasteiger partial charge in [-0.15, -0.1) is 0 Å². The van der Waals surface area contributed by atoms with Gasteiger partial charge in [-0.1, -0.05) is 13.8 Å². The molecule has 0 saturated carbocycles. The number of carbonyl (C=O) groups is 1. The minimum Gasteiger partial charge on any atom is -0.444 e. The van der Waals surface area contributed by atoms with Crippen LogP contribution in [0.5, 0.6) is 0 Å². The number of nitrogens with zero attached hydrogens (tertiary/aromatic N) is 1. The Balaban J connectivity index is 0.00000137. The number of aliphatic hydroxyl groups excluding tert-OH is 1. The van der Waals surface area contributed by atoms with Crippen molar-refractivity contribution < 1.29 is 19.4 Å². The zero-order chi connectivity index (χ0) is 14.3. The minimum atomic E-state index is -0.919. The third kappa shape index (κ3) is 6.21. The number of carbonyl (C=O) groups excluding carboxylic acids is 1. The predicted molar refractivity (Wildman–Crippen MR) is 70.3 cm³/mol. The Kier molecular flexibility index (Phi) is 7.25. The zero-order valence-corrected chi connectivity index (χ0v) is 12.4. The maximum atomic E-state index is 11.9. The van der Waals surface area contributed by atoms with Gasteiger partial charge in [-0.2, -0.15) is 0 Å². The molecule has 1 aliphatic heterocycles. The molecule has 5 nitrogen and oxygen atoms in total. The van der Waals surface area contributed by atoms with E-state index in [1.54, 1.807) is 0 Å². The van der Waals surface area contributed by atoms with E-state index in [0.717, 1.165) is 0 Å². The van der Waals surface area contributed by atoms with Crippen molar-refractivity contribution in [3.63, 3.8) is 0 Å². The van der Waals surface area contributed by atoms with Crippen LogP contribution >= 0.6 is 0 Å². The van der Waals surface area contributed by atoms with E-state index >= 15 is 0 Å². The molecule has 0 spiro atoms. The van der Waals surface area contributed by atoms with Gasteiger partial charge in [-0.25, -0.2) is 4.79 Å². The van der Waals surface area contributed by atoms with Crippen LogP contribution in [-0.2, 0) is 9.47 Å². The molecule has 0 aromatic rings. The van der Waals surface area contributed by atoms with Gasteiger partial charge in [0.25, 0.3) is 0 Å². The molecule has 1 fully saturated rings. The van der Waals surface area contributed by atoms with Gasteiger partial charge in [-0.3, -0.25) is 0 Å². The van der Waals surface area contributed by atoms with Crippen molar-refractivity contribution in [1.82, 2.24) is 4.90 Å². The fourth-order valence-corrected chi connectivity index (χ4v) is 1.51. The molecule has 1 aliphatic rings. The highest BCUT2D eigenvalue weighted by molar-refractivity contribution is 5.68. The Morgan fingerprint density at radius 2 is 1.94 bits per heavy atom. The van der Waals surface area contributed by atoms with Crippen LogP contribution < -0.4 is 0 Å². The lowest BCUT2D eigenvalue weighted by molar-refractivity contribution is -0.0987. The van der Waals surface area contributed by atoms with E-state index in [1.165, 1.54) is 4.90 Å². The number of hydrogen-bond acceptors (Lipinski definition) is 4. The molecule has 0 aromatic heterocycles. The monoisotopic (exact) mass is 261 g/mol. The summed E-state index contributed by atoms with van der Waals surface area (Å²) in [7, 11) is 0. The van der Waals surface area contributed by atoms with Crippen LogP contribution in [0.1, 0.15) is 48.0 Å². The summed E-state index contributed by atoms with van der Waals surface area (Å²) in [5, 5.41) is 9.45. The van der Waals surface area contributed by atoms with Crippen molar-refractivity contribution in [1.29, 1.82) is 0 Å². The van der Waals surface area contributed by atoms with Gasteiger partial charge in [0.1, 0.15) is 5.60 Å². The van der Waals surface area contributed by atoms with Gasteiger partial charge in [0.05, 0.1) is 13.2 Å². The summed E-state index contributed by atoms with van der Waals surface area (Å²) in [4.78, 5) is 13.4. The Morgan fingerprint density at radius 3 is 2.44 bits per heavy atom. The third-order valence-corrected chi connectivity index (χ3v) is 2.36. The van der Waals surface area contributed by atoms with Gasteiger partial charge in [-0.05, 0) is 34.1 Å². The Morgan fingerprint density at radius 1 is 1.39 bits per heavy atom. The van der Waals surface area contributed by atoms with E-state index in [2.05, 4.69) is 0 Å². The lowest BCUT2D eigenvalue weighted by Gasteiger charge is -2.30. The second kappa shape index (κ2) is 7.59. The summed E-state index contributed by atoms with van der Waals surface area (Å²) >= 11 is 0. The first kappa shape index (κ1) is 17.2. The summed E-state index contributed by atoms with van der Waals surface area (Å²) in [6.07, 6.45) is -0.613. The van der Waals surface area contributed by atoms with E-state index in [1.807, 2.05) is 41.5 Å². The summed E-state index contributed by atoms with van der Waals surface area (Å²) in [6.45, 7) is 12.0. The van der Waals surface area contributed by atoms with Crippen LogP contribution in [0, 0.1) is 0 Å². The molecule has 1 amide bonds. The number of ether oxygens (including phenoxy) is 2. The average molecular weight is 261 g/mol. The Bertz CT molecular complexity index is 250. The van der Waals surface area contributed by atoms with Crippen LogP contribution in [0.3, 0.4) is 0 Å². The summed E-state index contributed by atoms with van der Waals surface area (Å²) < 4.78 is 10.4. The van der Waals surface area contributed by atoms with Crippen LogP contribution in [0.4, 0.5) is 4.79 Å². The minimum absolute atomic E-state index is 0.0204. The molecular formula is C13H27NO4. The molecule has 18 heavy (non-hydrogen) atoms. The van der Waals surface area contributed by atoms with Crippen molar-refractivity contribution >= 4 is 6.09 Å². The molecule has 1 heterocycles. The fourth-order valence-electron chi connectivity index (χ4n) is 1.51. The molecule has 108 valence electrons. The van der Waals surface area contributed by atoms with Crippen molar-refractivity contribution in [2.45, 2.75) is 65.9 Å². The molecule has 2 atom stereocenters. The largest absolute Gasteiger partial charge is 0.444 e. The SMILES string of the molecule is CC.C[C@H]1CCO[C@H](O)CN1C(=O)OC(C)(C)C. The number of β-amino-alcohol motifs (C(OH)–C–C–N with tert-alkyl or cyclic N) is 1. The first-order valence-corrected chi connectivity index (χ1v) is 6.59. The summed E-state index contributed by atoms with van der Waals surface area (Å²) in [5.41, 5.74) is -0.519. The van der Waals surface area contributed by atoms with Crippen molar-refractivity contribution in [3.05, 3.63) is 0 Å². The van der Waals surface area contributed by atoms with Gasteiger partial charge < -0.3 is 19.5 Å². The molecule has 0 bridgehead atoms. The van der Waals surface area contributed by atoms with Crippen molar-refractivity contribution in [2.24, 2.45) is 0 Å². The van der Waals surface area contributed by atoms with E-state index in [9.17, 15) is 9.90 Å². The predicted octanol–water partition coefficient (Wildman–Crippen LogP) is 2.38. The highest BCUT2D eigenvalue weighted by Crippen LogP contribution is 2.16. The quantitative estimate of drug-likeness (QED) is 0.727. The normalized spacial score (nSPS) is 24.7. The second-order valence-electron chi connectivity index (χ2n) is 5.10. The number of aliphatic hydroxyl groups is 1. The van der Waals surface area contributed by atoms with Gasteiger partial charge in [0.2, 0.25) is 0 Å². The molecule has 0 unspecified atom stereocenters. The summed E-state index contributed by atoms with van der Waals surface area (Å²) in [6, 6.07) is 0.0204. The average Bonchev–Trinajstić information content (AvgIpc) is 2.41. The smallest absolute Gasteiger partial charge is 0.410 e. The first-order valence-electron chi connectivity index (χ1n) is 6.59.